The quantitative estimate of drug-likeness (QED) is 0.628. The maximum atomic E-state index is 13.0. The number of thiophene rings is 1. The molecule has 150 valence electrons. The number of ether oxygens (including phenoxy) is 1. The Morgan fingerprint density at radius 1 is 1.24 bits per heavy atom. The Kier molecular flexibility index (Phi) is 5.90. The van der Waals surface area contributed by atoms with Gasteiger partial charge >= 0.3 is 5.97 Å². The van der Waals surface area contributed by atoms with Gasteiger partial charge in [-0.25, -0.2) is 4.79 Å². The van der Waals surface area contributed by atoms with Crippen LogP contribution in [0.1, 0.15) is 39.8 Å². The number of esters is 1. The van der Waals surface area contributed by atoms with Crippen LogP contribution in [0.15, 0.2) is 41.8 Å². The van der Waals surface area contributed by atoms with Crippen molar-refractivity contribution >= 4 is 34.1 Å². The number of hydrogen-bond donors (Lipinski definition) is 1. The van der Waals surface area contributed by atoms with E-state index in [1.54, 1.807) is 11.3 Å². The van der Waals surface area contributed by atoms with Gasteiger partial charge in [-0.15, -0.1) is 11.3 Å². The molecule has 0 saturated carbocycles. The summed E-state index contributed by atoms with van der Waals surface area (Å²) < 4.78 is 5.41. The smallest absolute Gasteiger partial charge is 0.339 e. The van der Waals surface area contributed by atoms with Gasteiger partial charge in [-0.1, -0.05) is 31.2 Å². The minimum absolute atomic E-state index is 0.274. The monoisotopic (exact) mass is 408 g/mol. The van der Waals surface area contributed by atoms with E-state index in [1.165, 1.54) is 4.88 Å². The molecule has 0 spiro atoms. The maximum absolute atomic E-state index is 13.0. The molecule has 0 fully saturated rings. The standard InChI is InChI=1S/C23H24N2O3S/c1-15-8-9-20-18(13-15)22(17-6-2-3-7-19(17)25-20)23(27)28-14-21(26)24-11-10-16-5-4-12-29-16/h2-7,12,15H,8-11,13-14H2,1H3,(H,24,26)/t15-/m1/s1. The molecule has 2 heterocycles. The second kappa shape index (κ2) is 8.74. The van der Waals surface area contributed by atoms with E-state index in [1.807, 2.05) is 41.8 Å². The minimum Gasteiger partial charge on any atom is -0.452 e. The van der Waals surface area contributed by atoms with Gasteiger partial charge < -0.3 is 10.1 Å². The van der Waals surface area contributed by atoms with Crippen molar-refractivity contribution in [1.29, 1.82) is 0 Å². The number of carbonyl (C=O) groups excluding carboxylic acids is 2. The molecule has 2 aromatic heterocycles. The summed E-state index contributed by atoms with van der Waals surface area (Å²) in [6.07, 6.45) is 3.52. The van der Waals surface area contributed by atoms with E-state index in [-0.39, 0.29) is 12.5 Å². The molecule has 0 aliphatic heterocycles. The van der Waals surface area contributed by atoms with E-state index >= 15 is 0 Å². The second-order valence-corrected chi connectivity index (χ2v) is 8.56. The molecule has 3 aromatic rings. The third-order valence-electron chi connectivity index (χ3n) is 5.32. The van der Waals surface area contributed by atoms with E-state index in [0.29, 0.717) is 18.0 Å². The van der Waals surface area contributed by atoms with Gasteiger partial charge in [-0.2, -0.15) is 0 Å². The van der Waals surface area contributed by atoms with E-state index in [2.05, 4.69) is 12.2 Å². The zero-order valence-corrected chi connectivity index (χ0v) is 17.3. The summed E-state index contributed by atoms with van der Waals surface area (Å²) in [6, 6.07) is 11.7. The van der Waals surface area contributed by atoms with Gasteiger partial charge in [0.15, 0.2) is 6.61 Å². The van der Waals surface area contributed by atoms with Gasteiger partial charge in [0.25, 0.3) is 5.91 Å². The Balaban J connectivity index is 1.46. The molecule has 1 atom stereocenters. The van der Waals surface area contributed by atoms with Gasteiger partial charge in [0.1, 0.15) is 0 Å². The summed E-state index contributed by atoms with van der Waals surface area (Å²) in [7, 11) is 0. The Hall–Kier alpha value is -2.73. The largest absolute Gasteiger partial charge is 0.452 e. The molecule has 0 saturated heterocycles. The average molecular weight is 409 g/mol. The Labute approximate surface area is 174 Å². The van der Waals surface area contributed by atoms with Crippen molar-refractivity contribution in [3.8, 4) is 0 Å². The molecule has 0 bridgehead atoms. The van der Waals surface area contributed by atoms with Gasteiger partial charge in [0, 0.05) is 22.5 Å². The van der Waals surface area contributed by atoms with Crippen LogP contribution in [-0.2, 0) is 28.8 Å². The number of pyridine rings is 1. The number of aromatic nitrogens is 1. The lowest BCUT2D eigenvalue weighted by Gasteiger charge is -2.24. The van der Waals surface area contributed by atoms with Crippen molar-refractivity contribution in [2.45, 2.75) is 32.6 Å². The first-order chi connectivity index (χ1) is 14.1. The molecule has 1 N–H and O–H groups in total. The van der Waals surface area contributed by atoms with Crippen LogP contribution >= 0.6 is 11.3 Å². The topological polar surface area (TPSA) is 68.3 Å². The predicted molar refractivity (Wildman–Crippen MR) is 114 cm³/mol. The lowest BCUT2D eigenvalue weighted by Crippen LogP contribution is -2.30. The molecule has 1 aliphatic carbocycles. The summed E-state index contributed by atoms with van der Waals surface area (Å²) in [6.45, 7) is 2.44. The molecule has 1 aromatic carbocycles. The average Bonchev–Trinajstić information content (AvgIpc) is 3.24. The number of carbonyl (C=O) groups is 2. The summed E-state index contributed by atoms with van der Waals surface area (Å²) >= 11 is 1.66. The first kappa shape index (κ1) is 19.6. The minimum atomic E-state index is -0.442. The number of rotatable bonds is 6. The highest BCUT2D eigenvalue weighted by Crippen LogP contribution is 2.31. The number of aryl methyl sites for hydroxylation is 1. The Bertz CT molecular complexity index is 1030. The van der Waals surface area contributed by atoms with E-state index in [9.17, 15) is 9.59 Å². The predicted octanol–water partition coefficient (Wildman–Crippen LogP) is 3.94. The van der Waals surface area contributed by atoms with Crippen LogP contribution in [0.2, 0.25) is 0 Å². The lowest BCUT2D eigenvalue weighted by molar-refractivity contribution is -0.124. The van der Waals surface area contributed by atoms with Crippen LogP contribution in [-0.4, -0.2) is 30.0 Å². The highest BCUT2D eigenvalue weighted by molar-refractivity contribution is 7.09. The van der Waals surface area contributed by atoms with E-state index < -0.39 is 5.97 Å². The molecule has 0 radical (unpaired) electrons. The van der Waals surface area contributed by atoms with Crippen LogP contribution in [0.3, 0.4) is 0 Å². The number of nitrogens with zero attached hydrogens (tertiary/aromatic N) is 1. The van der Waals surface area contributed by atoms with Gasteiger partial charge in [-0.3, -0.25) is 9.78 Å². The van der Waals surface area contributed by atoms with E-state index in [0.717, 1.165) is 47.8 Å². The van der Waals surface area contributed by atoms with Crippen molar-refractivity contribution in [2.24, 2.45) is 5.92 Å². The van der Waals surface area contributed by atoms with Crippen LogP contribution in [0.4, 0.5) is 0 Å². The van der Waals surface area contributed by atoms with Gasteiger partial charge in [0.05, 0.1) is 11.1 Å². The molecule has 1 amide bonds. The van der Waals surface area contributed by atoms with Crippen LogP contribution in [0, 0.1) is 5.92 Å². The second-order valence-electron chi connectivity index (χ2n) is 7.53. The molecular formula is C23H24N2O3S. The van der Waals surface area contributed by atoms with Crippen LogP contribution in [0.25, 0.3) is 10.9 Å². The number of nitrogens with one attached hydrogen (secondary N) is 1. The molecule has 0 unspecified atom stereocenters. The fraction of sp³-hybridized carbons (Fsp3) is 0.348. The number of amides is 1. The zero-order valence-electron chi connectivity index (χ0n) is 16.4. The van der Waals surface area contributed by atoms with Crippen molar-refractivity contribution in [3.63, 3.8) is 0 Å². The van der Waals surface area contributed by atoms with Crippen molar-refractivity contribution in [2.75, 3.05) is 13.2 Å². The normalized spacial score (nSPS) is 15.7. The molecule has 6 heteroatoms. The maximum Gasteiger partial charge on any atom is 0.339 e. The highest BCUT2D eigenvalue weighted by Gasteiger charge is 2.26. The molecule has 1 aliphatic rings. The fourth-order valence-corrected chi connectivity index (χ4v) is 4.54. The fourth-order valence-electron chi connectivity index (χ4n) is 3.83. The van der Waals surface area contributed by atoms with E-state index in [4.69, 9.17) is 9.72 Å². The Morgan fingerprint density at radius 2 is 2.10 bits per heavy atom. The first-order valence-electron chi connectivity index (χ1n) is 9.98. The lowest BCUT2D eigenvalue weighted by atomic mass is 9.84. The first-order valence-corrected chi connectivity index (χ1v) is 10.9. The molecule has 5 nitrogen and oxygen atoms in total. The summed E-state index contributed by atoms with van der Waals surface area (Å²) in [5, 5.41) is 5.62. The summed E-state index contributed by atoms with van der Waals surface area (Å²) in [4.78, 5) is 31.1. The number of fused-ring (bicyclic) bond motifs is 2. The zero-order chi connectivity index (χ0) is 20.2. The molecular weight excluding hydrogens is 384 g/mol. The molecule has 4 rings (SSSR count). The van der Waals surface area contributed by atoms with Gasteiger partial charge in [0.2, 0.25) is 0 Å². The third kappa shape index (κ3) is 4.48. The summed E-state index contributed by atoms with van der Waals surface area (Å²) in [5.74, 6) is -0.226. The van der Waals surface area contributed by atoms with Crippen molar-refractivity contribution in [1.82, 2.24) is 10.3 Å². The van der Waals surface area contributed by atoms with Crippen molar-refractivity contribution < 1.29 is 14.3 Å². The highest BCUT2D eigenvalue weighted by atomic mass is 32.1. The number of hydrogen-bond acceptors (Lipinski definition) is 5. The number of benzene rings is 1. The van der Waals surface area contributed by atoms with Crippen molar-refractivity contribution in [3.05, 3.63) is 63.5 Å². The third-order valence-corrected chi connectivity index (χ3v) is 6.25. The van der Waals surface area contributed by atoms with Gasteiger partial charge in [-0.05, 0) is 54.7 Å². The Morgan fingerprint density at radius 3 is 2.93 bits per heavy atom. The van der Waals surface area contributed by atoms with Crippen LogP contribution in [0.5, 0.6) is 0 Å². The molecule has 29 heavy (non-hydrogen) atoms. The van der Waals surface area contributed by atoms with Crippen LogP contribution < -0.4 is 5.32 Å². The number of para-hydroxylation sites is 1. The SMILES string of the molecule is C[C@@H]1CCc2nc3ccccc3c(C(=O)OCC(=O)NCCc3cccs3)c2C1. The summed E-state index contributed by atoms with van der Waals surface area (Å²) in [5.41, 5.74) is 3.33.